The first kappa shape index (κ1) is 6.91. The van der Waals surface area contributed by atoms with E-state index >= 15 is 0 Å². The van der Waals surface area contributed by atoms with Crippen LogP contribution in [0.2, 0.25) is 0 Å². The molecule has 0 atom stereocenters. The average molecular weight is 136 g/mol. The molecule has 1 aromatic heterocycles. The monoisotopic (exact) mass is 136 g/mol. The topological polar surface area (TPSA) is 22.4 Å². The summed E-state index contributed by atoms with van der Waals surface area (Å²) in [7, 11) is 1.62. The van der Waals surface area contributed by atoms with Gasteiger partial charge in [-0.3, -0.25) is 0 Å². The van der Waals surface area contributed by atoms with Crippen molar-refractivity contribution in [3.8, 4) is 11.8 Å². The number of hydrogen-bond acceptors (Lipinski definition) is 2. The van der Waals surface area contributed by atoms with Crippen LogP contribution in [-0.4, -0.2) is 13.7 Å². The molecule has 2 nitrogen and oxygen atoms in total. The highest BCUT2D eigenvalue weighted by molar-refractivity contribution is 5.30. The van der Waals surface area contributed by atoms with Crippen LogP contribution in [0.5, 0.6) is 0 Å². The van der Waals surface area contributed by atoms with E-state index in [0.717, 1.165) is 5.56 Å². The van der Waals surface area contributed by atoms with Crippen molar-refractivity contribution in [2.24, 2.45) is 0 Å². The molecule has 1 aromatic rings. The van der Waals surface area contributed by atoms with Crippen LogP contribution in [0, 0.1) is 11.8 Å². The molecule has 0 amide bonds. The Labute approximate surface area is 59.8 Å². The van der Waals surface area contributed by atoms with Crippen molar-refractivity contribution >= 4 is 0 Å². The van der Waals surface area contributed by atoms with Gasteiger partial charge in [-0.2, -0.15) is 0 Å². The van der Waals surface area contributed by atoms with E-state index in [1.807, 2.05) is 6.07 Å². The Bertz CT molecular complexity index is 226. The van der Waals surface area contributed by atoms with E-state index in [4.69, 9.17) is 9.15 Å². The van der Waals surface area contributed by atoms with Crippen molar-refractivity contribution in [2.45, 2.75) is 0 Å². The van der Waals surface area contributed by atoms with Gasteiger partial charge in [-0.05, 0) is 6.07 Å². The summed E-state index contributed by atoms with van der Waals surface area (Å²) in [6.07, 6.45) is 3.19. The molecule has 10 heavy (non-hydrogen) atoms. The molecule has 0 bridgehead atoms. The molecule has 0 aliphatic carbocycles. The summed E-state index contributed by atoms with van der Waals surface area (Å²) in [4.78, 5) is 0. The summed E-state index contributed by atoms with van der Waals surface area (Å²) >= 11 is 0. The van der Waals surface area contributed by atoms with Crippen molar-refractivity contribution in [2.75, 3.05) is 13.7 Å². The largest absolute Gasteiger partial charge is 0.471 e. The molecule has 0 fully saturated rings. The molecule has 0 N–H and O–H groups in total. The van der Waals surface area contributed by atoms with Crippen LogP contribution in [-0.2, 0) is 4.74 Å². The second-order valence-electron chi connectivity index (χ2n) is 1.75. The summed E-state index contributed by atoms with van der Waals surface area (Å²) in [5.74, 6) is 5.66. The van der Waals surface area contributed by atoms with E-state index in [1.165, 1.54) is 0 Å². The first-order valence-electron chi connectivity index (χ1n) is 2.93. The van der Waals surface area contributed by atoms with Crippen molar-refractivity contribution in [1.29, 1.82) is 0 Å². The highest BCUT2D eigenvalue weighted by Crippen LogP contribution is 1.95. The molecule has 0 spiro atoms. The summed E-state index contributed by atoms with van der Waals surface area (Å²) in [6, 6.07) is 1.81. The second kappa shape index (κ2) is 3.76. The number of hydrogen-bond donors (Lipinski definition) is 0. The first-order chi connectivity index (χ1) is 4.93. The average Bonchev–Trinajstić information content (AvgIpc) is 2.41. The molecule has 0 aliphatic heterocycles. The lowest BCUT2D eigenvalue weighted by Gasteiger charge is -1.80. The van der Waals surface area contributed by atoms with E-state index in [9.17, 15) is 0 Å². The van der Waals surface area contributed by atoms with Gasteiger partial charge in [-0.15, -0.1) is 0 Å². The standard InChI is InChI=1S/C8H8O2/c1-9-5-2-3-8-4-6-10-7-8/h4,6-7H,5H2,1H3. The Balaban J connectivity index is 2.49. The predicted octanol–water partition coefficient (Wildman–Crippen LogP) is 1.28. The summed E-state index contributed by atoms with van der Waals surface area (Å²) in [5, 5.41) is 0. The second-order valence-corrected chi connectivity index (χ2v) is 1.75. The fraction of sp³-hybridized carbons (Fsp3) is 0.250. The summed E-state index contributed by atoms with van der Waals surface area (Å²) in [6.45, 7) is 0.463. The zero-order valence-electron chi connectivity index (χ0n) is 5.76. The lowest BCUT2D eigenvalue weighted by atomic mass is 10.3. The van der Waals surface area contributed by atoms with Crippen LogP contribution >= 0.6 is 0 Å². The van der Waals surface area contributed by atoms with Crippen LogP contribution in [0.3, 0.4) is 0 Å². The number of rotatable bonds is 1. The minimum Gasteiger partial charge on any atom is -0.471 e. The Hall–Kier alpha value is -1.20. The van der Waals surface area contributed by atoms with Gasteiger partial charge in [0.2, 0.25) is 0 Å². The quantitative estimate of drug-likeness (QED) is 0.542. The van der Waals surface area contributed by atoms with Crippen molar-refractivity contribution in [1.82, 2.24) is 0 Å². The SMILES string of the molecule is COCC#Cc1ccoc1. The Morgan fingerprint density at radius 2 is 2.60 bits per heavy atom. The number of methoxy groups -OCH3 is 1. The van der Waals surface area contributed by atoms with Gasteiger partial charge < -0.3 is 9.15 Å². The molecular weight excluding hydrogens is 128 g/mol. The van der Waals surface area contributed by atoms with Crippen LogP contribution in [0.15, 0.2) is 23.0 Å². The third kappa shape index (κ3) is 1.96. The maximum absolute atomic E-state index is 4.80. The van der Waals surface area contributed by atoms with E-state index in [1.54, 1.807) is 19.6 Å². The van der Waals surface area contributed by atoms with Gasteiger partial charge in [0.05, 0.1) is 11.8 Å². The minimum atomic E-state index is 0.463. The highest BCUT2D eigenvalue weighted by atomic mass is 16.5. The molecule has 0 saturated carbocycles. The molecule has 1 rings (SSSR count). The highest BCUT2D eigenvalue weighted by Gasteiger charge is 1.83. The first-order valence-corrected chi connectivity index (χ1v) is 2.93. The van der Waals surface area contributed by atoms with E-state index in [-0.39, 0.29) is 0 Å². The van der Waals surface area contributed by atoms with Gasteiger partial charge >= 0.3 is 0 Å². The van der Waals surface area contributed by atoms with E-state index in [2.05, 4.69) is 11.8 Å². The van der Waals surface area contributed by atoms with Crippen LogP contribution in [0.1, 0.15) is 5.56 Å². The fourth-order valence-corrected chi connectivity index (χ4v) is 0.546. The van der Waals surface area contributed by atoms with Gasteiger partial charge in [0.15, 0.2) is 0 Å². The summed E-state index contributed by atoms with van der Waals surface area (Å²) in [5.41, 5.74) is 0.886. The number of ether oxygens (including phenoxy) is 1. The third-order valence-corrected chi connectivity index (χ3v) is 0.970. The van der Waals surface area contributed by atoms with Gasteiger partial charge in [0.25, 0.3) is 0 Å². The minimum absolute atomic E-state index is 0.463. The van der Waals surface area contributed by atoms with Crippen LogP contribution in [0.4, 0.5) is 0 Å². The van der Waals surface area contributed by atoms with Gasteiger partial charge in [-0.25, -0.2) is 0 Å². The zero-order valence-corrected chi connectivity index (χ0v) is 5.76. The molecule has 0 radical (unpaired) electrons. The molecule has 52 valence electrons. The van der Waals surface area contributed by atoms with Gasteiger partial charge in [0.1, 0.15) is 12.9 Å². The Morgan fingerprint density at radius 3 is 3.20 bits per heavy atom. The van der Waals surface area contributed by atoms with E-state index in [0.29, 0.717) is 6.61 Å². The fourth-order valence-electron chi connectivity index (χ4n) is 0.546. The number of furan rings is 1. The third-order valence-electron chi connectivity index (χ3n) is 0.970. The van der Waals surface area contributed by atoms with E-state index < -0.39 is 0 Å². The van der Waals surface area contributed by atoms with Crippen LogP contribution in [0.25, 0.3) is 0 Å². The molecule has 0 aliphatic rings. The lowest BCUT2D eigenvalue weighted by Crippen LogP contribution is -1.80. The molecule has 2 heteroatoms. The van der Waals surface area contributed by atoms with Gasteiger partial charge in [0, 0.05) is 7.11 Å². The molecular formula is C8H8O2. The van der Waals surface area contributed by atoms with Crippen molar-refractivity contribution in [3.63, 3.8) is 0 Å². The zero-order chi connectivity index (χ0) is 7.23. The maximum Gasteiger partial charge on any atom is 0.107 e. The lowest BCUT2D eigenvalue weighted by molar-refractivity contribution is 0.240. The molecule has 0 aromatic carbocycles. The normalized spacial score (nSPS) is 8.50. The smallest absolute Gasteiger partial charge is 0.107 e. The molecule has 1 heterocycles. The Kier molecular flexibility index (Phi) is 2.60. The summed E-state index contributed by atoms with van der Waals surface area (Å²) < 4.78 is 9.54. The molecule has 0 unspecified atom stereocenters. The van der Waals surface area contributed by atoms with Crippen LogP contribution < -0.4 is 0 Å². The maximum atomic E-state index is 4.80. The molecule has 0 saturated heterocycles. The van der Waals surface area contributed by atoms with Crippen molar-refractivity contribution in [3.05, 3.63) is 24.2 Å². The van der Waals surface area contributed by atoms with Gasteiger partial charge in [-0.1, -0.05) is 11.8 Å². The Morgan fingerprint density at radius 1 is 1.70 bits per heavy atom. The van der Waals surface area contributed by atoms with Crippen molar-refractivity contribution < 1.29 is 9.15 Å². The predicted molar refractivity (Wildman–Crippen MR) is 37.5 cm³/mol.